The Morgan fingerprint density at radius 3 is 3.00 bits per heavy atom. The van der Waals surface area contributed by atoms with Crippen molar-refractivity contribution < 1.29 is 14.6 Å². The lowest BCUT2D eigenvalue weighted by Gasteiger charge is -2.12. The highest BCUT2D eigenvalue weighted by Crippen LogP contribution is 2.32. The molecule has 0 bridgehead atoms. The normalized spacial score (nSPS) is 13.5. The van der Waals surface area contributed by atoms with Crippen LogP contribution in [0.25, 0.3) is 5.03 Å². The van der Waals surface area contributed by atoms with E-state index in [4.69, 9.17) is 16.5 Å². The van der Waals surface area contributed by atoms with Crippen LogP contribution in [0.4, 0.5) is 0 Å². The van der Waals surface area contributed by atoms with Gasteiger partial charge in [0.1, 0.15) is 6.29 Å². The Kier molecular flexibility index (Phi) is 1.94. The van der Waals surface area contributed by atoms with Crippen LogP contribution in [0, 0.1) is 0 Å². The minimum Gasteiger partial charge on any atom is -0.298 e. The van der Waals surface area contributed by atoms with Crippen molar-refractivity contribution in [1.29, 1.82) is 0 Å². The fourth-order valence-corrected chi connectivity index (χ4v) is 1.25. The summed E-state index contributed by atoms with van der Waals surface area (Å²) in [7, 11) is 0. The first-order chi connectivity index (χ1) is 6.31. The molecule has 66 valence electrons. The van der Waals surface area contributed by atoms with Crippen molar-refractivity contribution in [3.05, 3.63) is 35.6 Å². The fraction of sp³-hybridized carbons (Fsp3) is 0. The monoisotopic (exact) mass is 196 g/mol. The standard InChI is InChI=1S/C9H5ClO3/c10-8-5-12-13-9-2-1-6(4-11)3-7(8)9/h1-5H. The molecule has 0 saturated carbocycles. The van der Waals surface area contributed by atoms with Gasteiger partial charge in [0, 0.05) is 11.1 Å². The predicted molar refractivity (Wildman–Crippen MR) is 47.4 cm³/mol. The smallest absolute Gasteiger partial charge is 0.187 e. The van der Waals surface area contributed by atoms with E-state index in [1.807, 2.05) is 0 Å². The quantitative estimate of drug-likeness (QED) is 0.511. The molecule has 0 saturated heterocycles. The molecule has 1 aromatic carbocycles. The Hall–Kier alpha value is -1.48. The van der Waals surface area contributed by atoms with Gasteiger partial charge < -0.3 is 0 Å². The maximum Gasteiger partial charge on any atom is 0.187 e. The SMILES string of the molecule is O=Cc1ccc2c(c1)C(Cl)=COO2. The Bertz CT molecular complexity index is 384. The summed E-state index contributed by atoms with van der Waals surface area (Å²) in [6, 6.07) is 4.91. The summed E-state index contributed by atoms with van der Waals surface area (Å²) in [5.41, 5.74) is 1.22. The molecule has 1 aromatic rings. The van der Waals surface area contributed by atoms with Gasteiger partial charge >= 0.3 is 0 Å². The Morgan fingerprint density at radius 2 is 2.23 bits per heavy atom. The molecule has 1 aliphatic rings. The van der Waals surface area contributed by atoms with E-state index < -0.39 is 0 Å². The van der Waals surface area contributed by atoms with Gasteiger partial charge in [0.25, 0.3) is 0 Å². The highest BCUT2D eigenvalue weighted by atomic mass is 35.5. The van der Waals surface area contributed by atoms with Crippen LogP contribution in [0.5, 0.6) is 5.75 Å². The maximum absolute atomic E-state index is 10.5. The zero-order valence-electron chi connectivity index (χ0n) is 6.49. The highest BCUT2D eigenvalue weighted by molar-refractivity contribution is 6.49. The van der Waals surface area contributed by atoms with E-state index in [0.717, 1.165) is 6.29 Å². The molecule has 0 unspecified atom stereocenters. The molecule has 1 heterocycles. The molecule has 0 atom stereocenters. The molecule has 0 aromatic heterocycles. The van der Waals surface area contributed by atoms with Crippen molar-refractivity contribution in [3.8, 4) is 5.75 Å². The van der Waals surface area contributed by atoms with E-state index in [0.29, 0.717) is 21.9 Å². The zero-order chi connectivity index (χ0) is 9.26. The first-order valence-corrected chi connectivity index (χ1v) is 3.97. The van der Waals surface area contributed by atoms with Crippen LogP contribution in [0.3, 0.4) is 0 Å². The molecule has 4 heteroatoms. The lowest BCUT2D eigenvalue weighted by atomic mass is 10.1. The average molecular weight is 197 g/mol. The van der Waals surface area contributed by atoms with Crippen molar-refractivity contribution in [2.75, 3.05) is 0 Å². The number of halogens is 1. The van der Waals surface area contributed by atoms with Gasteiger partial charge in [0.15, 0.2) is 12.0 Å². The molecule has 0 aliphatic carbocycles. The van der Waals surface area contributed by atoms with E-state index in [2.05, 4.69) is 4.89 Å². The summed E-state index contributed by atoms with van der Waals surface area (Å²) in [6.45, 7) is 0. The van der Waals surface area contributed by atoms with E-state index >= 15 is 0 Å². The average Bonchev–Trinajstić information content (AvgIpc) is 2.18. The number of benzene rings is 1. The first kappa shape index (κ1) is 8.13. The van der Waals surface area contributed by atoms with Crippen LogP contribution in [-0.2, 0) is 4.89 Å². The summed E-state index contributed by atoms with van der Waals surface area (Å²) in [5.74, 6) is 0.512. The summed E-state index contributed by atoms with van der Waals surface area (Å²) in [5, 5.41) is 0.421. The van der Waals surface area contributed by atoms with Gasteiger partial charge in [0.2, 0.25) is 0 Å². The molecule has 0 amide bonds. The molecule has 13 heavy (non-hydrogen) atoms. The third kappa shape index (κ3) is 1.38. The van der Waals surface area contributed by atoms with Crippen molar-refractivity contribution in [2.45, 2.75) is 0 Å². The number of fused-ring (bicyclic) bond motifs is 1. The Labute approximate surface area is 79.5 Å². The number of hydrogen-bond acceptors (Lipinski definition) is 3. The molecule has 1 aliphatic heterocycles. The van der Waals surface area contributed by atoms with Gasteiger partial charge in [-0.05, 0) is 18.2 Å². The van der Waals surface area contributed by atoms with Gasteiger partial charge in [-0.1, -0.05) is 11.6 Å². The van der Waals surface area contributed by atoms with E-state index in [1.165, 1.54) is 6.26 Å². The van der Waals surface area contributed by atoms with Gasteiger partial charge in [-0.3, -0.25) is 14.6 Å². The predicted octanol–water partition coefficient (Wildman–Crippen LogP) is 2.36. The van der Waals surface area contributed by atoms with Crippen LogP contribution < -0.4 is 4.89 Å². The van der Waals surface area contributed by atoms with Crippen molar-refractivity contribution in [2.24, 2.45) is 0 Å². The zero-order valence-corrected chi connectivity index (χ0v) is 7.25. The molecule has 0 spiro atoms. The molecule has 2 rings (SSSR count). The van der Waals surface area contributed by atoms with E-state index in [9.17, 15) is 4.79 Å². The summed E-state index contributed by atoms with van der Waals surface area (Å²) >= 11 is 5.82. The number of carbonyl (C=O) groups is 1. The lowest BCUT2D eigenvalue weighted by Crippen LogP contribution is -2.00. The Morgan fingerprint density at radius 1 is 1.38 bits per heavy atom. The van der Waals surface area contributed by atoms with E-state index in [-0.39, 0.29) is 0 Å². The van der Waals surface area contributed by atoms with Crippen LogP contribution in [-0.4, -0.2) is 6.29 Å². The van der Waals surface area contributed by atoms with Gasteiger partial charge in [-0.25, -0.2) is 0 Å². The number of hydrogen-bond donors (Lipinski definition) is 0. The third-order valence-corrected chi connectivity index (χ3v) is 1.98. The summed E-state index contributed by atoms with van der Waals surface area (Å²) in [6.07, 6.45) is 2.03. The van der Waals surface area contributed by atoms with Crippen molar-refractivity contribution in [1.82, 2.24) is 0 Å². The number of carbonyl (C=O) groups excluding carboxylic acids is 1. The Balaban J connectivity index is 2.56. The summed E-state index contributed by atoms with van der Waals surface area (Å²) in [4.78, 5) is 19.9. The molecule has 0 fully saturated rings. The number of aldehydes is 1. The summed E-state index contributed by atoms with van der Waals surface area (Å²) < 4.78 is 0. The van der Waals surface area contributed by atoms with Gasteiger partial charge in [0.05, 0.1) is 5.03 Å². The highest BCUT2D eigenvalue weighted by Gasteiger charge is 2.14. The molecule has 0 radical (unpaired) electrons. The minimum atomic E-state index is 0.421. The van der Waals surface area contributed by atoms with Gasteiger partial charge in [-0.2, -0.15) is 0 Å². The topological polar surface area (TPSA) is 35.5 Å². The second kappa shape index (κ2) is 3.11. The second-order valence-electron chi connectivity index (χ2n) is 2.52. The van der Waals surface area contributed by atoms with Crippen LogP contribution in [0.2, 0.25) is 0 Å². The van der Waals surface area contributed by atoms with E-state index in [1.54, 1.807) is 18.2 Å². The van der Waals surface area contributed by atoms with Crippen LogP contribution >= 0.6 is 11.6 Å². The molecular formula is C9H5ClO3. The van der Waals surface area contributed by atoms with Crippen molar-refractivity contribution >= 4 is 22.9 Å². The maximum atomic E-state index is 10.5. The molecule has 3 nitrogen and oxygen atoms in total. The largest absolute Gasteiger partial charge is 0.298 e. The third-order valence-electron chi connectivity index (χ3n) is 1.69. The molecular weight excluding hydrogens is 192 g/mol. The minimum absolute atomic E-state index is 0.421. The first-order valence-electron chi connectivity index (χ1n) is 3.60. The van der Waals surface area contributed by atoms with Crippen molar-refractivity contribution in [3.63, 3.8) is 0 Å². The van der Waals surface area contributed by atoms with Gasteiger partial charge in [-0.15, -0.1) is 0 Å². The van der Waals surface area contributed by atoms with Crippen LogP contribution in [0.15, 0.2) is 24.5 Å². The molecule has 0 N–H and O–H groups in total. The number of rotatable bonds is 1. The lowest BCUT2D eigenvalue weighted by molar-refractivity contribution is -0.151. The fourth-order valence-electron chi connectivity index (χ4n) is 1.06. The second-order valence-corrected chi connectivity index (χ2v) is 2.93. The van der Waals surface area contributed by atoms with Crippen LogP contribution in [0.1, 0.15) is 15.9 Å².